The number of rotatable bonds is 4. The summed E-state index contributed by atoms with van der Waals surface area (Å²) in [7, 11) is 3.15. The Morgan fingerprint density at radius 3 is 2.89 bits per heavy atom. The predicted molar refractivity (Wildman–Crippen MR) is 99.2 cm³/mol. The standard InChI is InChI=1S/C17H15FN6O2S/c1-9-6-14(20-15(25)11-8-23(2)22-16(11)26-3)24(21-9)17-19-12-5-4-10(18)7-13(12)27-17/h4-8H,1-3H3,(H,20,25). The van der Waals surface area contributed by atoms with Crippen LogP contribution in [0, 0.1) is 12.7 Å². The van der Waals surface area contributed by atoms with Crippen molar-refractivity contribution in [1.29, 1.82) is 0 Å². The molecule has 1 N–H and O–H groups in total. The van der Waals surface area contributed by atoms with E-state index >= 15 is 0 Å². The van der Waals surface area contributed by atoms with Gasteiger partial charge >= 0.3 is 0 Å². The van der Waals surface area contributed by atoms with Gasteiger partial charge in [0.25, 0.3) is 5.91 Å². The van der Waals surface area contributed by atoms with E-state index in [0.717, 1.165) is 0 Å². The third kappa shape index (κ3) is 3.14. The molecule has 0 bridgehead atoms. The Balaban J connectivity index is 1.71. The Kier molecular flexibility index (Phi) is 4.11. The molecule has 3 aromatic heterocycles. The second kappa shape index (κ2) is 6.47. The van der Waals surface area contributed by atoms with Crippen molar-refractivity contribution in [3.8, 4) is 11.0 Å². The van der Waals surface area contributed by atoms with Crippen molar-refractivity contribution in [2.75, 3.05) is 12.4 Å². The van der Waals surface area contributed by atoms with Crippen molar-refractivity contribution in [3.63, 3.8) is 0 Å². The molecule has 8 nitrogen and oxygen atoms in total. The van der Waals surface area contributed by atoms with Gasteiger partial charge in [-0.15, -0.1) is 5.10 Å². The summed E-state index contributed by atoms with van der Waals surface area (Å²) in [6.45, 7) is 1.81. The maximum atomic E-state index is 13.4. The van der Waals surface area contributed by atoms with Crippen molar-refractivity contribution < 1.29 is 13.9 Å². The number of ether oxygens (including phenoxy) is 1. The van der Waals surface area contributed by atoms with Crippen molar-refractivity contribution in [2.45, 2.75) is 6.92 Å². The summed E-state index contributed by atoms with van der Waals surface area (Å²) in [5, 5.41) is 11.8. The SMILES string of the molecule is COc1nn(C)cc1C(=O)Nc1cc(C)nn1-c1nc2ccc(F)cc2s1. The number of nitrogens with one attached hydrogen (secondary N) is 1. The summed E-state index contributed by atoms with van der Waals surface area (Å²) in [6.07, 6.45) is 1.57. The van der Waals surface area contributed by atoms with Crippen LogP contribution in [0.4, 0.5) is 10.2 Å². The average molecular weight is 386 g/mol. The van der Waals surface area contributed by atoms with Crippen molar-refractivity contribution in [1.82, 2.24) is 24.5 Å². The molecule has 3 heterocycles. The normalized spacial score (nSPS) is 11.1. The number of thiazole rings is 1. The molecule has 0 radical (unpaired) electrons. The topological polar surface area (TPSA) is 86.9 Å². The number of hydrogen-bond donors (Lipinski definition) is 1. The van der Waals surface area contributed by atoms with Gasteiger partial charge in [0, 0.05) is 19.3 Å². The number of anilines is 1. The van der Waals surface area contributed by atoms with Gasteiger partial charge in [-0.25, -0.2) is 9.37 Å². The quantitative estimate of drug-likeness (QED) is 0.583. The number of fused-ring (bicyclic) bond motifs is 1. The molecule has 1 aromatic carbocycles. The van der Waals surface area contributed by atoms with Gasteiger partial charge in [0.15, 0.2) is 0 Å². The van der Waals surface area contributed by atoms with Gasteiger partial charge in [0.2, 0.25) is 11.0 Å². The van der Waals surface area contributed by atoms with Crippen LogP contribution >= 0.6 is 11.3 Å². The third-order valence-corrected chi connectivity index (χ3v) is 4.82. The molecule has 0 aliphatic rings. The summed E-state index contributed by atoms with van der Waals surface area (Å²) in [5.74, 6) is -0.0315. The van der Waals surface area contributed by atoms with E-state index < -0.39 is 0 Å². The van der Waals surface area contributed by atoms with Crippen LogP contribution in [0.2, 0.25) is 0 Å². The smallest absolute Gasteiger partial charge is 0.263 e. The van der Waals surface area contributed by atoms with Crippen molar-refractivity contribution in [2.24, 2.45) is 7.05 Å². The molecule has 0 spiro atoms. The average Bonchev–Trinajstić information content (AvgIpc) is 3.30. The summed E-state index contributed by atoms with van der Waals surface area (Å²) in [6, 6.07) is 6.12. The highest BCUT2D eigenvalue weighted by atomic mass is 32.1. The monoisotopic (exact) mass is 386 g/mol. The second-order valence-corrected chi connectivity index (χ2v) is 6.88. The molecular weight excluding hydrogens is 371 g/mol. The van der Waals surface area contributed by atoms with Crippen LogP contribution in [0.5, 0.6) is 5.88 Å². The molecule has 138 valence electrons. The number of amides is 1. The van der Waals surface area contributed by atoms with E-state index in [1.807, 2.05) is 6.92 Å². The van der Waals surface area contributed by atoms with Gasteiger partial charge in [-0.3, -0.25) is 9.48 Å². The number of carbonyl (C=O) groups excluding carboxylic acids is 1. The van der Waals surface area contributed by atoms with Gasteiger partial charge < -0.3 is 10.1 Å². The lowest BCUT2D eigenvalue weighted by molar-refractivity contribution is 0.102. The van der Waals surface area contributed by atoms with Crippen molar-refractivity contribution in [3.05, 3.63) is 47.5 Å². The number of carbonyl (C=O) groups is 1. The van der Waals surface area contributed by atoms with Gasteiger partial charge in [0.05, 0.1) is 23.0 Å². The molecular formula is C17H15FN6O2S. The predicted octanol–water partition coefficient (Wildman–Crippen LogP) is 2.92. The molecule has 1 amide bonds. The maximum Gasteiger partial charge on any atom is 0.263 e. The number of methoxy groups -OCH3 is 1. The van der Waals surface area contributed by atoms with Gasteiger partial charge in [-0.2, -0.15) is 9.78 Å². The Morgan fingerprint density at radius 2 is 2.11 bits per heavy atom. The van der Waals surface area contributed by atoms with Crippen LogP contribution < -0.4 is 10.1 Å². The molecule has 10 heteroatoms. The first-order valence-electron chi connectivity index (χ1n) is 7.96. The van der Waals surface area contributed by atoms with Gasteiger partial charge in [-0.1, -0.05) is 11.3 Å². The zero-order valence-corrected chi connectivity index (χ0v) is 15.5. The number of aromatic nitrogens is 5. The number of nitrogens with zero attached hydrogens (tertiary/aromatic N) is 5. The Labute approximate surface area is 157 Å². The Morgan fingerprint density at radius 1 is 1.30 bits per heavy atom. The highest BCUT2D eigenvalue weighted by Gasteiger charge is 2.20. The molecule has 0 aliphatic carbocycles. The van der Waals surface area contributed by atoms with Crippen LogP contribution in [-0.2, 0) is 7.05 Å². The minimum atomic E-state index is -0.381. The molecule has 27 heavy (non-hydrogen) atoms. The first kappa shape index (κ1) is 17.2. The zero-order valence-electron chi connectivity index (χ0n) is 14.7. The Hall–Kier alpha value is -3.27. The lowest BCUT2D eigenvalue weighted by Crippen LogP contribution is -2.15. The minimum Gasteiger partial charge on any atom is -0.479 e. The van der Waals surface area contributed by atoms with Gasteiger partial charge in [0.1, 0.15) is 17.2 Å². The maximum absolute atomic E-state index is 13.4. The largest absolute Gasteiger partial charge is 0.479 e. The lowest BCUT2D eigenvalue weighted by Gasteiger charge is -2.06. The van der Waals surface area contributed by atoms with E-state index in [1.54, 1.807) is 25.4 Å². The zero-order chi connectivity index (χ0) is 19.1. The summed E-state index contributed by atoms with van der Waals surface area (Å²) in [5.41, 5.74) is 1.67. The van der Waals surface area contributed by atoms with E-state index in [1.165, 1.54) is 39.9 Å². The summed E-state index contributed by atoms with van der Waals surface area (Å²) >= 11 is 1.28. The highest BCUT2D eigenvalue weighted by Crippen LogP contribution is 2.28. The number of aryl methyl sites for hydroxylation is 2. The fraction of sp³-hybridized carbons (Fsp3) is 0.176. The molecule has 0 saturated heterocycles. The van der Waals surface area contributed by atoms with Crippen LogP contribution in [0.3, 0.4) is 0 Å². The second-order valence-electron chi connectivity index (χ2n) is 5.87. The first-order chi connectivity index (χ1) is 12.9. The fourth-order valence-electron chi connectivity index (χ4n) is 2.67. The van der Waals surface area contributed by atoms with Crippen LogP contribution in [0.15, 0.2) is 30.5 Å². The third-order valence-electron chi connectivity index (χ3n) is 3.83. The van der Waals surface area contributed by atoms with Gasteiger partial charge in [-0.05, 0) is 25.1 Å². The molecule has 0 saturated carbocycles. The molecule has 0 fully saturated rings. The lowest BCUT2D eigenvalue weighted by atomic mass is 10.3. The molecule has 0 aliphatic heterocycles. The van der Waals surface area contributed by atoms with Crippen LogP contribution in [-0.4, -0.2) is 37.6 Å². The molecule has 4 rings (SSSR count). The fourth-order valence-corrected chi connectivity index (χ4v) is 3.63. The van der Waals surface area contributed by atoms with Crippen LogP contribution in [0.25, 0.3) is 15.3 Å². The Bertz CT molecular complexity index is 1160. The first-order valence-corrected chi connectivity index (χ1v) is 8.78. The van der Waals surface area contributed by atoms with E-state index in [4.69, 9.17) is 4.74 Å². The number of hydrogen-bond acceptors (Lipinski definition) is 6. The van der Waals surface area contributed by atoms with E-state index in [2.05, 4.69) is 20.5 Å². The molecule has 0 unspecified atom stereocenters. The van der Waals surface area contributed by atoms with E-state index in [0.29, 0.717) is 32.4 Å². The summed E-state index contributed by atoms with van der Waals surface area (Å²) in [4.78, 5) is 17.1. The highest BCUT2D eigenvalue weighted by molar-refractivity contribution is 7.20. The van der Waals surface area contributed by atoms with E-state index in [-0.39, 0.29) is 17.6 Å². The molecule has 4 aromatic rings. The summed E-state index contributed by atoms with van der Waals surface area (Å²) < 4.78 is 22.3. The number of halogens is 1. The van der Waals surface area contributed by atoms with Crippen molar-refractivity contribution >= 4 is 33.3 Å². The van der Waals surface area contributed by atoms with E-state index in [9.17, 15) is 9.18 Å². The van der Waals surface area contributed by atoms with Crippen LogP contribution in [0.1, 0.15) is 16.1 Å². The number of benzene rings is 1. The molecule has 0 atom stereocenters. The minimum absolute atomic E-state index is 0.230.